The van der Waals surface area contributed by atoms with Gasteiger partial charge < -0.3 is 15.4 Å². The summed E-state index contributed by atoms with van der Waals surface area (Å²) in [5.41, 5.74) is 8.88. The summed E-state index contributed by atoms with van der Waals surface area (Å²) in [4.78, 5) is 2.00. The molecular formula is C16H17FN2O. The molecule has 1 aliphatic heterocycles. The summed E-state index contributed by atoms with van der Waals surface area (Å²) in [6, 6.07) is 11.1. The molecule has 0 fully saturated rings. The summed E-state index contributed by atoms with van der Waals surface area (Å²) in [6.07, 6.45) is 2.03. The number of benzene rings is 2. The zero-order chi connectivity index (χ0) is 14.1. The van der Waals surface area contributed by atoms with Crippen LogP contribution in [0.2, 0.25) is 0 Å². The van der Waals surface area contributed by atoms with E-state index in [1.807, 2.05) is 23.1 Å². The van der Waals surface area contributed by atoms with Crippen molar-refractivity contribution in [3.63, 3.8) is 0 Å². The van der Waals surface area contributed by atoms with E-state index < -0.39 is 0 Å². The number of rotatable bonds is 2. The van der Waals surface area contributed by atoms with E-state index in [1.54, 1.807) is 6.07 Å². The fraction of sp³-hybridized carbons (Fsp3) is 0.250. The van der Waals surface area contributed by atoms with Gasteiger partial charge in [0, 0.05) is 24.4 Å². The average molecular weight is 272 g/mol. The first kappa shape index (κ1) is 12.8. The van der Waals surface area contributed by atoms with Gasteiger partial charge in [0.1, 0.15) is 11.6 Å². The maximum Gasteiger partial charge on any atom is 0.149 e. The summed E-state index contributed by atoms with van der Waals surface area (Å²) >= 11 is 0. The van der Waals surface area contributed by atoms with E-state index in [2.05, 4.69) is 6.07 Å². The third-order valence-corrected chi connectivity index (χ3v) is 3.70. The molecule has 2 aromatic carbocycles. The number of aryl methyl sites for hydroxylation is 1. The Kier molecular flexibility index (Phi) is 3.22. The summed E-state index contributed by atoms with van der Waals surface area (Å²) in [6.45, 7) is 0.793. The highest BCUT2D eigenvalue weighted by molar-refractivity contribution is 5.72. The van der Waals surface area contributed by atoms with Crippen molar-refractivity contribution in [1.82, 2.24) is 0 Å². The second-order valence-electron chi connectivity index (χ2n) is 4.93. The van der Waals surface area contributed by atoms with Crippen molar-refractivity contribution < 1.29 is 9.13 Å². The van der Waals surface area contributed by atoms with Gasteiger partial charge in [-0.05, 0) is 24.5 Å². The second-order valence-corrected chi connectivity index (χ2v) is 4.93. The van der Waals surface area contributed by atoms with Crippen molar-refractivity contribution >= 4 is 17.1 Å². The Morgan fingerprint density at radius 1 is 1.20 bits per heavy atom. The van der Waals surface area contributed by atoms with Crippen molar-refractivity contribution in [2.45, 2.75) is 12.8 Å². The Bertz CT molecular complexity index is 642. The first-order chi connectivity index (χ1) is 9.70. The van der Waals surface area contributed by atoms with E-state index in [0.29, 0.717) is 17.1 Å². The lowest BCUT2D eigenvalue weighted by Gasteiger charge is -2.31. The van der Waals surface area contributed by atoms with Crippen molar-refractivity contribution in [1.29, 1.82) is 0 Å². The van der Waals surface area contributed by atoms with Crippen LogP contribution in [0.1, 0.15) is 12.0 Å². The van der Waals surface area contributed by atoms with Gasteiger partial charge in [-0.3, -0.25) is 0 Å². The van der Waals surface area contributed by atoms with Crippen LogP contribution in [0.4, 0.5) is 21.5 Å². The third kappa shape index (κ3) is 2.07. The number of ether oxygens (including phenoxy) is 1. The van der Waals surface area contributed by atoms with Gasteiger partial charge in [0.2, 0.25) is 0 Å². The maximum atomic E-state index is 14.3. The summed E-state index contributed by atoms with van der Waals surface area (Å²) in [5, 5.41) is 0. The predicted octanol–water partition coefficient (Wildman–Crippen LogP) is 3.50. The maximum absolute atomic E-state index is 14.3. The molecule has 2 aromatic rings. The first-order valence-electron chi connectivity index (χ1n) is 6.69. The molecule has 0 unspecified atom stereocenters. The molecule has 3 rings (SSSR count). The van der Waals surface area contributed by atoms with E-state index in [4.69, 9.17) is 10.5 Å². The Labute approximate surface area is 117 Å². The highest BCUT2D eigenvalue weighted by atomic mass is 19.1. The van der Waals surface area contributed by atoms with E-state index in [-0.39, 0.29) is 5.82 Å². The van der Waals surface area contributed by atoms with Crippen molar-refractivity contribution in [3.05, 3.63) is 47.8 Å². The number of fused-ring (bicyclic) bond motifs is 1. The minimum Gasteiger partial charge on any atom is -0.495 e. The Hall–Kier alpha value is -2.23. The lowest BCUT2D eigenvalue weighted by Crippen LogP contribution is -2.25. The molecule has 0 atom stereocenters. The normalized spacial score (nSPS) is 14.0. The van der Waals surface area contributed by atoms with Gasteiger partial charge in [-0.15, -0.1) is 0 Å². The quantitative estimate of drug-likeness (QED) is 0.850. The van der Waals surface area contributed by atoms with Crippen LogP contribution in [0.15, 0.2) is 36.4 Å². The number of anilines is 3. The van der Waals surface area contributed by atoms with Crippen molar-refractivity contribution in [3.8, 4) is 5.75 Å². The van der Waals surface area contributed by atoms with Crippen LogP contribution in [-0.4, -0.2) is 13.7 Å². The fourth-order valence-corrected chi connectivity index (χ4v) is 2.73. The Morgan fingerprint density at radius 3 is 2.80 bits per heavy atom. The standard InChI is InChI=1S/C16H17FN2O/c1-20-16-10-15(12(17)9-13(16)18)19-8-4-6-11-5-2-3-7-14(11)19/h2-3,5,7,9-10H,4,6,8,18H2,1H3. The Morgan fingerprint density at radius 2 is 2.00 bits per heavy atom. The lowest BCUT2D eigenvalue weighted by atomic mass is 10.0. The van der Waals surface area contributed by atoms with Gasteiger partial charge in [0.15, 0.2) is 0 Å². The van der Waals surface area contributed by atoms with Crippen molar-refractivity contribution in [2.24, 2.45) is 0 Å². The van der Waals surface area contributed by atoms with Crippen LogP contribution in [0, 0.1) is 5.82 Å². The number of methoxy groups -OCH3 is 1. The van der Waals surface area contributed by atoms with E-state index in [1.165, 1.54) is 18.7 Å². The molecule has 20 heavy (non-hydrogen) atoms. The molecule has 1 aliphatic rings. The highest BCUT2D eigenvalue weighted by Crippen LogP contribution is 2.38. The minimum atomic E-state index is -0.319. The van der Waals surface area contributed by atoms with Crippen LogP contribution in [0.5, 0.6) is 5.75 Å². The van der Waals surface area contributed by atoms with Gasteiger partial charge in [0.05, 0.1) is 18.5 Å². The molecule has 0 spiro atoms. The van der Waals surface area contributed by atoms with E-state index in [9.17, 15) is 4.39 Å². The fourth-order valence-electron chi connectivity index (χ4n) is 2.73. The number of hydrogen-bond acceptors (Lipinski definition) is 3. The van der Waals surface area contributed by atoms with E-state index >= 15 is 0 Å². The molecule has 1 heterocycles. The molecule has 0 amide bonds. The topological polar surface area (TPSA) is 38.5 Å². The number of nitrogen functional groups attached to an aromatic ring is 1. The molecule has 0 aliphatic carbocycles. The second kappa shape index (κ2) is 5.04. The monoisotopic (exact) mass is 272 g/mol. The number of nitrogens with two attached hydrogens (primary N) is 1. The van der Waals surface area contributed by atoms with Gasteiger partial charge in [0.25, 0.3) is 0 Å². The number of hydrogen-bond donors (Lipinski definition) is 1. The summed E-state index contributed by atoms with van der Waals surface area (Å²) < 4.78 is 19.5. The van der Waals surface area contributed by atoms with Crippen LogP contribution in [0.25, 0.3) is 0 Å². The van der Waals surface area contributed by atoms with Crippen LogP contribution >= 0.6 is 0 Å². The molecule has 4 heteroatoms. The number of nitrogens with zero attached hydrogens (tertiary/aromatic N) is 1. The zero-order valence-electron chi connectivity index (χ0n) is 11.4. The molecule has 2 N–H and O–H groups in total. The molecular weight excluding hydrogens is 255 g/mol. The first-order valence-corrected chi connectivity index (χ1v) is 6.69. The molecule has 104 valence electrons. The largest absolute Gasteiger partial charge is 0.495 e. The number of halogens is 1. The molecule has 0 saturated heterocycles. The van der Waals surface area contributed by atoms with Gasteiger partial charge in [-0.2, -0.15) is 0 Å². The molecule has 0 radical (unpaired) electrons. The molecule has 0 aromatic heterocycles. The highest BCUT2D eigenvalue weighted by Gasteiger charge is 2.21. The van der Waals surface area contributed by atoms with Gasteiger partial charge in [-0.25, -0.2) is 4.39 Å². The van der Waals surface area contributed by atoms with Gasteiger partial charge >= 0.3 is 0 Å². The Balaban J connectivity index is 2.11. The van der Waals surface area contributed by atoms with Crippen LogP contribution in [0.3, 0.4) is 0 Å². The smallest absolute Gasteiger partial charge is 0.149 e. The number of para-hydroxylation sites is 1. The van der Waals surface area contributed by atoms with Crippen LogP contribution < -0.4 is 15.4 Å². The minimum absolute atomic E-state index is 0.319. The zero-order valence-corrected chi connectivity index (χ0v) is 11.4. The summed E-state index contributed by atoms with van der Waals surface area (Å²) in [5.74, 6) is 0.185. The van der Waals surface area contributed by atoms with Gasteiger partial charge in [-0.1, -0.05) is 18.2 Å². The SMILES string of the molecule is COc1cc(N2CCCc3ccccc32)c(F)cc1N. The lowest BCUT2D eigenvalue weighted by molar-refractivity contribution is 0.416. The van der Waals surface area contributed by atoms with E-state index in [0.717, 1.165) is 25.1 Å². The molecule has 0 bridgehead atoms. The predicted molar refractivity (Wildman–Crippen MR) is 79.1 cm³/mol. The molecule has 0 saturated carbocycles. The van der Waals surface area contributed by atoms with Crippen molar-refractivity contribution in [2.75, 3.05) is 24.3 Å². The third-order valence-electron chi connectivity index (χ3n) is 3.70. The average Bonchev–Trinajstić information content (AvgIpc) is 2.47. The summed E-state index contributed by atoms with van der Waals surface area (Å²) in [7, 11) is 1.54. The molecule has 3 nitrogen and oxygen atoms in total. The van der Waals surface area contributed by atoms with Crippen LogP contribution in [-0.2, 0) is 6.42 Å².